The molecule has 1 aliphatic rings. The van der Waals surface area contributed by atoms with Gasteiger partial charge in [0.15, 0.2) is 0 Å². The van der Waals surface area contributed by atoms with Crippen molar-refractivity contribution in [3.63, 3.8) is 0 Å². The molecular weight excluding hydrogens is 318 g/mol. The zero-order valence-corrected chi connectivity index (χ0v) is 14.8. The molecule has 0 aliphatic carbocycles. The molecular formula is C19H27N3O3. The van der Waals surface area contributed by atoms with Crippen molar-refractivity contribution in [2.45, 2.75) is 32.6 Å². The van der Waals surface area contributed by atoms with Crippen molar-refractivity contribution >= 4 is 17.7 Å². The van der Waals surface area contributed by atoms with E-state index in [4.69, 9.17) is 0 Å². The van der Waals surface area contributed by atoms with E-state index < -0.39 is 0 Å². The van der Waals surface area contributed by atoms with Crippen molar-refractivity contribution in [2.75, 3.05) is 26.2 Å². The van der Waals surface area contributed by atoms with Crippen LogP contribution in [0.4, 0.5) is 0 Å². The molecule has 2 rings (SSSR count). The summed E-state index contributed by atoms with van der Waals surface area (Å²) >= 11 is 0. The molecule has 6 heteroatoms. The van der Waals surface area contributed by atoms with Crippen LogP contribution in [0, 0.1) is 5.92 Å². The number of likely N-dealkylation sites (N-methyl/N-ethyl adjacent to an activating group) is 1. The first kappa shape index (κ1) is 19.0. The zero-order chi connectivity index (χ0) is 18.1. The van der Waals surface area contributed by atoms with Gasteiger partial charge in [0.05, 0.1) is 6.54 Å². The predicted molar refractivity (Wildman–Crippen MR) is 95.8 cm³/mol. The van der Waals surface area contributed by atoms with E-state index in [1.54, 1.807) is 0 Å². The Morgan fingerprint density at radius 3 is 2.40 bits per heavy atom. The number of piperidine rings is 1. The third kappa shape index (κ3) is 6.21. The lowest BCUT2D eigenvalue weighted by Gasteiger charge is -2.31. The summed E-state index contributed by atoms with van der Waals surface area (Å²) in [6.45, 7) is 3.62. The lowest BCUT2D eigenvalue weighted by molar-refractivity contribution is -0.135. The number of amides is 3. The van der Waals surface area contributed by atoms with Crippen LogP contribution in [0.1, 0.15) is 31.7 Å². The van der Waals surface area contributed by atoms with Crippen molar-refractivity contribution in [2.24, 2.45) is 5.92 Å². The number of carbonyl (C=O) groups is 3. The van der Waals surface area contributed by atoms with Gasteiger partial charge in [-0.3, -0.25) is 14.4 Å². The molecule has 3 amide bonds. The lowest BCUT2D eigenvalue weighted by atomic mass is 9.95. The van der Waals surface area contributed by atoms with E-state index in [0.29, 0.717) is 38.9 Å². The van der Waals surface area contributed by atoms with E-state index in [1.807, 2.05) is 42.2 Å². The number of hydrogen-bond acceptors (Lipinski definition) is 3. The first-order valence-corrected chi connectivity index (χ1v) is 8.96. The van der Waals surface area contributed by atoms with Crippen LogP contribution >= 0.6 is 0 Å². The summed E-state index contributed by atoms with van der Waals surface area (Å²) in [5.41, 5.74) is 1.16. The van der Waals surface area contributed by atoms with Gasteiger partial charge in [0.25, 0.3) is 0 Å². The van der Waals surface area contributed by atoms with Crippen molar-refractivity contribution < 1.29 is 14.4 Å². The number of aryl methyl sites for hydroxylation is 1. The van der Waals surface area contributed by atoms with Crippen LogP contribution in [-0.4, -0.2) is 48.8 Å². The fourth-order valence-corrected chi connectivity index (χ4v) is 3.02. The smallest absolute Gasteiger partial charge is 0.239 e. The van der Waals surface area contributed by atoms with Gasteiger partial charge in [-0.1, -0.05) is 30.3 Å². The summed E-state index contributed by atoms with van der Waals surface area (Å²) in [5, 5.41) is 5.32. The van der Waals surface area contributed by atoms with Gasteiger partial charge >= 0.3 is 0 Å². The Labute approximate surface area is 149 Å². The Morgan fingerprint density at radius 1 is 1.08 bits per heavy atom. The Bertz CT molecular complexity index is 581. The molecule has 2 N–H and O–H groups in total. The highest BCUT2D eigenvalue weighted by Gasteiger charge is 2.27. The van der Waals surface area contributed by atoms with E-state index in [2.05, 4.69) is 10.6 Å². The van der Waals surface area contributed by atoms with Crippen LogP contribution in [-0.2, 0) is 20.8 Å². The van der Waals surface area contributed by atoms with E-state index in [9.17, 15) is 14.4 Å². The molecule has 0 spiro atoms. The fourth-order valence-electron chi connectivity index (χ4n) is 3.02. The maximum Gasteiger partial charge on any atom is 0.239 e. The maximum atomic E-state index is 12.3. The van der Waals surface area contributed by atoms with E-state index in [-0.39, 0.29) is 30.2 Å². The number of rotatable bonds is 7. The third-order valence-electron chi connectivity index (χ3n) is 4.49. The van der Waals surface area contributed by atoms with Gasteiger partial charge in [-0.15, -0.1) is 0 Å². The zero-order valence-electron chi connectivity index (χ0n) is 14.8. The summed E-state index contributed by atoms with van der Waals surface area (Å²) in [4.78, 5) is 37.6. The highest BCUT2D eigenvalue weighted by atomic mass is 16.2. The van der Waals surface area contributed by atoms with Gasteiger partial charge < -0.3 is 15.5 Å². The molecule has 1 heterocycles. The van der Waals surface area contributed by atoms with Crippen LogP contribution in [0.3, 0.4) is 0 Å². The van der Waals surface area contributed by atoms with E-state index in [0.717, 1.165) is 12.0 Å². The van der Waals surface area contributed by atoms with Crippen molar-refractivity contribution in [1.82, 2.24) is 15.5 Å². The molecule has 136 valence electrons. The lowest BCUT2D eigenvalue weighted by Crippen LogP contribution is -2.45. The average molecular weight is 345 g/mol. The molecule has 1 saturated heterocycles. The number of carbonyl (C=O) groups excluding carboxylic acids is 3. The minimum atomic E-state index is -0.177. The Balaban J connectivity index is 1.69. The van der Waals surface area contributed by atoms with Gasteiger partial charge in [-0.25, -0.2) is 0 Å². The van der Waals surface area contributed by atoms with Crippen molar-refractivity contribution in [1.29, 1.82) is 0 Å². The number of nitrogens with zero attached hydrogens (tertiary/aromatic N) is 1. The van der Waals surface area contributed by atoms with Gasteiger partial charge in [0, 0.05) is 32.0 Å². The summed E-state index contributed by atoms with van der Waals surface area (Å²) in [6.07, 6.45) is 2.54. The van der Waals surface area contributed by atoms with Gasteiger partial charge in [0.1, 0.15) is 0 Å². The third-order valence-corrected chi connectivity index (χ3v) is 4.49. The molecule has 1 aromatic rings. The topological polar surface area (TPSA) is 78.5 Å². The molecule has 0 aromatic heterocycles. The van der Waals surface area contributed by atoms with Gasteiger partial charge in [-0.2, -0.15) is 0 Å². The molecule has 1 fully saturated rings. The highest BCUT2D eigenvalue weighted by molar-refractivity contribution is 5.86. The first-order valence-electron chi connectivity index (χ1n) is 8.96. The Hall–Kier alpha value is -2.37. The molecule has 0 bridgehead atoms. The quantitative estimate of drug-likeness (QED) is 0.777. The average Bonchev–Trinajstić information content (AvgIpc) is 2.65. The van der Waals surface area contributed by atoms with E-state index in [1.165, 1.54) is 0 Å². The van der Waals surface area contributed by atoms with Crippen molar-refractivity contribution in [3.8, 4) is 0 Å². The predicted octanol–water partition coefficient (Wildman–Crippen LogP) is 1.11. The number of nitrogens with one attached hydrogen (secondary N) is 2. The number of benzene rings is 1. The Kier molecular flexibility index (Phi) is 7.44. The Morgan fingerprint density at radius 2 is 1.76 bits per heavy atom. The van der Waals surface area contributed by atoms with Crippen LogP contribution < -0.4 is 10.6 Å². The highest BCUT2D eigenvalue weighted by Crippen LogP contribution is 2.18. The molecule has 1 aromatic carbocycles. The molecule has 1 aliphatic heterocycles. The second kappa shape index (κ2) is 9.81. The maximum absolute atomic E-state index is 12.3. The summed E-state index contributed by atoms with van der Waals surface area (Å²) in [5.74, 6) is -0.246. The molecule has 0 saturated carbocycles. The number of likely N-dealkylation sites (tertiary alicyclic amines) is 1. The molecule has 0 radical (unpaired) electrons. The second-order valence-corrected chi connectivity index (χ2v) is 6.31. The van der Waals surface area contributed by atoms with Crippen molar-refractivity contribution in [3.05, 3.63) is 35.9 Å². The standard InChI is InChI=1S/C19H27N3O3/c1-2-20-17(23)14-21-19(25)16-10-12-22(13-11-16)18(24)9-8-15-6-4-3-5-7-15/h3-7,16H,2,8-14H2,1H3,(H,20,23)(H,21,25). The minimum absolute atomic E-state index is 0.0168. The number of hydrogen-bond donors (Lipinski definition) is 2. The summed E-state index contributed by atoms with van der Waals surface area (Å²) in [7, 11) is 0. The molecule has 25 heavy (non-hydrogen) atoms. The van der Waals surface area contributed by atoms with Crippen LogP contribution in [0.5, 0.6) is 0 Å². The first-order chi connectivity index (χ1) is 12.1. The minimum Gasteiger partial charge on any atom is -0.355 e. The fraction of sp³-hybridized carbons (Fsp3) is 0.526. The summed E-state index contributed by atoms with van der Waals surface area (Å²) < 4.78 is 0. The second-order valence-electron chi connectivity index (χ2n) is 6.31. The van der Waals surface area contributed by atoms with Gasteiger partial charge in [0.2, 0.25) is 17.7 Å². The van der Waals surface area contributed by atoms with Crippen LogP contribution in [0.2, 0.25) is 0 Å². The van der Waals surface area contributed by atoms with E-state index >= 15 is 0 Å². The summed E-state index contributed by atoms with van der Waals surface area (Å²) in [6, 6.07) is 9.97. The normalized spacial score (nSPS) is 14.8. The SMILES string of the molecule is CCNC(=O)CNC(=O)C1CCN(C(=O)CCc2ccccc2)CC1. The molecule has 6 nitrogen and oxygen atoms in total. The molecule has 0 unspecified atom stereocenters. The van der Waals surface area contributed by atoms with Crippen LogP contribution in [0.15, 0.2) is 30.3 Å². The molecule has 0 atom stereocenters. The van der Waals surface area contributed by atoms with Gasteiger partial charge in [-0.05, 0) is 31.7 Å². The monoisotopic (exact) mass is 345 g/mol. The largest absolute Gasteiger partial charge is 0.355 e. The van der Waals surface area contributed by atoms with Crippen LogP contribution in [0.25, 0.3) is 0 Å².